The number of ether oxygens (including phenoxy) is 2. The number of aromatic carboxylic acids is 1. The average molecular weight is 267 g/mol. The third-order valence-electron chi connectivity index (χ3n) is 2.42. The fourth-order valence-electron chi connectivity index (χ4n) is 1.50. The van der Waals surface area contributed by atoms with Gasteiger partial charge < -0.3 is 20.3 Å². The normalized spacial score (nSPS) is 11.7. The summed E-state index contributed by atoms with van der Waals surface area (Å²) in [4.78, 5) is 22.7. The number of anilines is 1. The molecule has 3 N–H and O–H groups in total. The minimum Gasteiger partial charge on any atom is -0.478 e. The number of nitrogen functional groups attached to an aromatic ring is 1. The number of carbonyl (C=O) groups is 2. The Bertz CT molecular complexity index is 472. The van der Waals surface area contributed by atoms with Crippen molar-refractivity contribution in [3.63, 3.8) is 0 Å². The van der Waals surface area contributed by atoms with Crippen molar-refractivity contribution >= 4 is 17.6 Å². The van der Waals surface area contributed by atoms with E-state index in [1.165, 1.54) is 18.2 Å². The van der Waals surface area contributed by atoms with Crippen LogP contribution in [-0.2, 0) is 9.53 Å². The Morgan fingerprint density at radius 2 is 2.05 bits per heavy atom. The fraction of sp³-hybridized carbons (Fsp3) is 0.385. The van der Waals surface area contributed by atoms with Gasteiger partial charge in [-0.25, -0.2) is 9.59 Å². The van der Waals surface area contributed by atoms with E-state index in [-0.39, 0.29) is 17.9 Å². The van der Waals surface area contributed by atoms with Crippen LogP contribution in [0.2, 0.25) is 0 Å². The zero-order valence-electron chi connectivity index (χ0n) is 10.9. The number of nitrogens with two attached hydrogens (primary N) is 1. The van der Waals surface area contributed by atoms with Gasteiger partial charge >= 0.3 is 11.9 Å². The molecule has 0 radical (unpaired) electrons. The Morgan fingerprint density at radius 3 is 2.58 bits per heavy atom. The number of carbonyl (C=O) groups excluding carboxylic acids is 1. The summed E-state index contributed by atoms with van der Waals surface area (Å²) in [5.74, 6) is -1.58. The third-order valence-corrected chi connectivity index (χ3v) is 2.42. The van der Waals surface area contributed by atoms with Gasteiger partial charge in [0.25, 0.3) is 0 Å². The smallest absolute Gasteiger partial charge is 0.347 e. The number of esters is 1. The first-order valence-corrected chi connectivity index (χ1v) is 5.95. The van der Waals surface area contributed by atoms with E-state index in [9.17, 15) is 9.59 Å². The summed E-state index contributed by atoms with van der Waals surface area (Å²) in [6.45, 7) is 3.68. The summed E-state index contributed by atoms with van der Waals surface area (Å²) in [6.07, 6.45) is -0.455. The highest BCUT2D eigenvalue weighted by Crippen LogP contribution is 2.23. The van der Waals surface area contributed by atoms with Crippen LogP contribution < -0.4 is 10.5 Å². The lowest BCUT2D eigenvalue weighted by Crippen LogP contribution is -2.29. The van der Waals surface area contributed by atoms with Gasteiger partial charge in [-0.1, -0.05) is 6.92 Å². The molecule has 0 aliphatic heterocycles. The second-order valence-electron chi connectivity index (χ2n) is 3.83. The Kier molecular flexibility index (Phi) is 5.17. The molecule has 1 aromatic rings. The van der Waals surface area contributed by atoms with E-state index in [1.807, 2.05) is 0 Å². The van der Waals surface area contributed by atoms with Crippen molar-refractivity contribution in [2.24, 2.45) is 0 Å². The van der Waals surface area contributed by atoms with Gasteiger partial charge in [0.15, 0.2) is 6.10 Å². The van der Waals surface area contributed by atoms with Crippen molar-refractivity contribution in [3.8, 4) is 5.75 Å². The Labute approximate surface area is 111 Å². The standard InChI is InChI=1S/C13H17NO5/c1-3-10(13(17)18-4-2)19-11-6-5-8(14)7-9(11)12(15)16/h5-7,10H,3-4,14H2,1-2H3,(H,15,16). The largest absolute Gasteiger partial charge is 0.478 e. The van der Waals surface area contributed by atoms with Gasteiger partial charge in [0.2, 0.25) is 0 Å². The highest BCUT2D eigenvalue weighted by Gasteiger charge is 2.22. The minimum atomic E-state index is -1.17. The van der Waals surface area contributed by atoms with E-state index >= 15 is 0 Å². The number of carboxylic acids is 1. The number of rotatable bonds is 6. The molecule has 6 heteroatoms. The van der Waals surface area contributed by atoms with Gasteiger partial charge in [-0.05, 0) is 31.5 Å². The molecule has 0 aliphatic rings. The topological polar surface area (TPSA) is 98.9 Å². The summed E-state index contributed by atoms with van der Waals surface area (Å²) in [7, 11) is 0. The molecule has 1 atom stereocenters. The molecule has 0 spiro atoms. The van der Waals surface area contributed by atoms with Crippen LogP contribution in [0.15, 0.2) is 18.2 Å². The monoisotopic (exact) mass is 267 g/mol. The van der Waals surface area contributed by atoms with Gasteiger partial charge in [0, 0.05) is 5.69 Å². The SMILES string of the molecule is CCOC(=O)C(CC)Oc1ccc(N)cc1C(=O)O. The predicted octanol–water partition coefficient (Wildman–Crippen LogP) is 1.69. The fourth-order valence-corrected chi connectivity index (χ4v) is 1.50. The number of hydrogen-bond acceptors (Lipinski definition) is 5. The maximum absolute atomic E-state index is 11.6. The van der Waals surface area contributed by atoms with Crippen LogP contribution in [0.4, 0.5) is 5.69 Å². The quantitative estimate of drug-likeness (QED) is 0.601. The summed E-state index contributed by atoms with van der Waals surface area (Å²) in [6, 6.07) is 4.23. The highest BCUT2D eigenvalue weighted by molar-refractivity contribution is 5.92. The first kappa shape index (κ1) is 14.8. The summed E-state index contributed by atoms with van der Waals surface area (Å²) >= 11 is 0. The number of benzene rings is 1. The summed E-state index contributed by atoms with van der Waals surface area (Å²) in [5, 5.41) is 9.07. The van der Waals surface area contributed by atoms with E-state index in [2.05, 4.69) is 0 Å². The summed E-state index contributed by atoms with van der Waals surface area (Å²) in [5.41, 5.74) is 5.76. The van der Waals surface area contributed by atoms with Crippen molar-refractivity contribution in [2.45, 2.75) is 26.4 Å². The van der Waals surface area contributed by atoms with Crippen LogP contribution in [0.1, 0.15) is 30.6 Å². The van der Waals surface area contributed by atoms with Crippen LogP contribution in [0, 0.1) is 0 Å². The zero-order chi connectivity index (χ0) is 14.4. The molecule has 0 heterocycles. The van der Waals surface area contributed by atoms with Crippen LogP contribution in [0.5, 0.6) is 5.75 Å². The summed E-state index contributed by atoms with van der Waals surface area (Å²) < 4.78 is 10.3. The lowest BCUT2D eigenvalue weighted by atomic mass is 10.1. The van der Waals surface area contributed by atoms with Crippen molar-refractivity contribution in [1.29, 1.82) is 0 Å². The molecule has 0 aromatic heterocycles. The van der Waals surface area contributed by atoms with Crippen LogP contribution in [0.25, 0.3) is 0 Å². The van der Waals surface area contributed by atoms with Crippen molar-refractivity contribution < 1.29 is 24.2 Å². The second kappa shape index (κ2) is 6.63. The van der Waals surface area contributed by atoms with E-state index < -0.39 is 18.0 Å². The van der Waals surface area contributed by atoms with Gasteiger partial charge in [-0.3, -0.25) is 0 Å². The van der Waals surface area contributed by atoms with Gasteiger partial charge in [0.1, 0.15) is 11.3 Å². The number of carboxylic acid groups (broad SMARTS) is 1. The predicted molar refractivity (Wildman–Crippen MR) is 69.2 cm³/mol. The molecule has 0 aliphatic carbocycles. The van der Waals surface area contributed by atoms with Crippen molar-refractivity contribution in [1.82, 2.24) is 0 Å². The zero-order valence-corrected chi connectivity index (χ0v) is 10.9. The van der Waals surface area contributed by atoms with Gasteiger partial charge in [-0.2, -0.15) is 0 Å². The molecule has 0 amide bonds. The van der Waals surface area contributed by atoms with Crippen LogP contribution in [0.3, 0.4) is 0 Å². The third kappa shape index (κ3) is 3.87. The highest BCUT2D eigenvalue weighted by atomic mass is 16.6. The molecule has 19 heavy (non-hydrogen) atoms. The first-order valence-electron chi connectivity index (χ1n) is 5.95. The Balaban J connectivity index is 2.97. The molecular weight excluding hydrogens is 250 g/mol. The van der Waals surface area contributed by atoms with E-state index in [1.54, 1.807) is 13.8 Å². The molecule has 1 unspecified atom stereocenters. The minimum absolute atomic E-state index is 0.0808. The number of hydrogen-bond donors (Lipinski definition) is 2. The van der Waals surface area contributed by atoms with E-state index in [4.69, 9.17) is 20.3 Å². The molecule has 1 aromatic carbocycles. The molecule has 0 fully saturated rings. The van der Waals surface area contributed by atoms with Gasteiger partial charge in [0.05, 0.1) is 6.61 Å². The maximum Gasteiger partial charge on any atom is 0.347 e. The molecule has 0 bridgehead atoms. The second-order valence-corrected chi connectivity index (χ2v) is 3.83. The van der Waals surface area contributed by atoms with Crippen LogP contribution >= 0.6 is 0 Å². The Hall–Kier alpha value is -2.24. The van der Waals surface area contributed by atoms with E-state index in [0.29, 0.717) is 12.1 Å². The lowest BCUT2D eigenvalue weighted by Gasteiger charge is -2.17. The lowest BCUT2D eigenvalue weighted by molar-refractivity contribution is -0.151. The van der Waals surface area contributed by atoms with Crippen molar-refractivity contribution in [2.75, 3.05) is 12.3 Å². The van der Waals surface area contributed by atoms with Crippen molar-refractivity contribution in [3.05, 3.63) is 23.8 Å². The van der Waals surface area contributed by atoms with Crippen LogP contribution in [-0.4, -0.2) is 29.8 Å². The molecule has 6 nitrogen and oxygen atoms in total. The van der Waals surface area contributed by atoms with E-state index in [0.717, 1.165) is 0 Å². The molecule has 104 valence electrons. The molecule has 0 saturated carbocycles. The molecule has 1 rings (SSSR count). The first-order chi connectivity index (χ1) is 8.99. The van der Waals surface area contributed by atoms with Gasteiger partial charge in [-0.15, -0.1) is 0 Å². The average Bonchev–Trinajstić information content (AvgIpc) is 2.37. The molecule has 0 saturated heterocycles. The Morgan fingerprint density at radius 1 is 1.37 bits per heavy atom. The maximum atomic E-state index is 11.6. The molecular formula is C13H17NO5.